The third kappa shape index (κ3) is 3.51. The Morgan fingerprint density at radius 2 is 1.92 bits per heavy atom. The molecule has 3 aromatic rings. The van der Waals surface area contributed by atoms with Crippen LogP contribution in [0.25, 0.3) is 10.9 Å². The molecule has 1 aromatic heterocycles. The molecule has 24 heavy (non-hydrogen) atoms. The van der Waals surface area contributed by atoms with Crippen LogP contribution in [0.2, 0.25) is 0 Å². The monoisotopic (exact) mass is 383 g/mol. The molecule has 1 heterocycles. The van der Waals surface area contributed by atoms with Gasteiger partial charge in [0.2, 0.25) is 0 Å². The second kappa shape index (κ2) is 6.77. The Bertz CT molecular complexity index is 850. The zero-order chi connectivity index (χ0) is 16.4. The van der Waals surface area contributed by atoms with E-state index in [4.69, 9.17) is 14.7 Å². The number of fused-ring (bicyclic) bond motifs is 1. The van der Waals surface area contributed by atoms with E-state index in [1.54, 1.807) is 0 Å². The Morgan fingerprint density at radius 1 is 1.08 bits per heavy atom. The number of nitrogens with one attached hydrogen (secondary N) is 1. The predicted molar refractivity (Wildman–Crippen MR) is 99.6 cm³/mol. The molecule has 5 heteroatoms. The van der Waals surface area contributed by atoms with Crippen molar-refractivity contribution in [2.75, 3.05) is 18.5 Å². The van der Waals surface area contributed by atoms with Crippen LogP contribution in [-0.2, 0) is 0 Å². The summed E-state index contributed by atoms with van der Waals surface area (Å²) in [5, 5.41) is 4.45. The number of hydrogen-bond acceptors (Lipinski definition) is 4. The van der Waals surface area contributed by atoms with E-state index in [-0.39, 0.29) is 0 Å². The number of halogens is 1. The largest absolute Gasteiger partial charge is 0.492 e. The van der Waals surface area contributed by atoms with Crippen molar-refractivity contribution in [2.45, 2.75) is 18.8 Å². The van der Waals surface area contributed by atoms with Crippen LogP contribution < -0.4 is 10.1 Å². The number of rotatable bonds is 6. The third-order valence-corrected chi connectivity index (χ3v) is 4.52. The number of anilines is 1. The lowest BCUT2D eigenvalue weighted by Crippen LogP contribution is -2.13. The summed E-state index contributed by atoms with van der Waals surface area (Å²) in [6.07, 6.45) is 2.39. The van der Waals surface area contributed by atoms with Gasteiger partial charge in [-0.05, 0) is 43.2 Å². The minimum Gasteiger partial charge on any atom is -0.492 e. The first kappa shape index (κ1) is 15.4. The maximum absolute atomic E-state index is 5.74. The topological polar surface area (TPSA) is 47.0 Å². The Morgan fingerprint density at radius 3 is 2.71 bits per heavy atom. The first-order valence-electron chi connectivity index (χ1n) is 8.18. The summed E-state index contributed by atoms with van der Waals surface area (Å²) < 4.78 is 6.77. The standard InChI is InChI=1S/C19H18BrN3O/c20-14-8-9-17-16(12-14)19(23-18(22-17)13-6-7-13)21-10-11-24-15-4-2-1-3-5-15/h1-5,8-9,12-13H,6-7,10-11H2,(H,21,22,23). The molecular weight excluding hydrogens is 366 g/mol. The van der Waals surface area contributed by atoms with Gasteiger partial charge in [0, 0.05) is 15.8 Å². The minimum atomic E-state index is 0.527. The van der Waals surface area contributed by atoms with Gasteiger partial charge in [-0.25, -0.2) is 9.97 Å². The molecule has 1 aliphatic carbocycles. The van der Waals surface area contributed by atoms with Gasteiger partial charge >= 0.3 is 0 Å². The number of para-hydroxylation sites is 1. The Labute approximate surface area is 149 Å². The lowest BCUT2D eigenvalue weighted by atomic mass is 10.2. The second-order valence-electron chi connectivity index (χ2n) is 5.95. The summed E-state index contributed by atoms with van der Waals surface area (Å²) in [6, 6.07) is 16.0. The molecule has 122 valence electrons. The lowest BCUT2D eigenvalue weighted by Gasteiger charge is -2.12. The van der Waals surface area contributed by atoms with E-state index in [1.807, 2.05) is 42.5 Å². The van der Waals surface area contributed by atoms with E-state index < -0.39 is 0 Å². The lowest BCUT2D eigenvalue weighted by molar-refractivity contribution is 0.333. The molecule has 1 N–H and O–H groups in total. The fraction of sp³-hybridized carbons (Fsp3) is 0.263. The quantitative estimate of drug-likeness (QED) is 0.623. The van der Waals surface area contributed by atoms with E-state index in [1.165, 1.54) is 12.8 Å². The fourth-order valence-corrected chi connectivity index (χ4v) is 2.99. The van der Waals surface area contributed by atoms with Crippen molar-refractivity contribution in [1.82, 2.24) is 9.97 Å². The molecule has 0 amide bonds. The van der Waals surface area contributed by atoms with E-state index in [2.05, 4.69) is 27.3 Å². The summed E-state index contributed by atoms with van der Waals surface area (Å²) in [7, 11) is 0. The average molecular weight is 384 g/mol. The molecule has 4 rings (SSSR count). The van der Waals surface area contributed by atoms with Crippen LogP contribution >= 0.6 is 15.9 Å². The zero-order valence-corrected chi connectivity index (χ0v) is 14.8. The molecule has 0 aliphatic heterocycles. The Hall–Kier alpha value is -2.14. The molecule has 0 spiro atoms. The molecule has 4 nitrogen and oxygen atoms in total. The summed E-state index contributed by atoms with van der Waals surface area (Å²) in [5.74, 6) is 3.25. The average Bonchev–Trinajstić information content (AvgIpc) is 3.44. The molecule has 0 radical (unpaired) electrons. The Balaban J connectivity index is 1.50. The van der Waals surface area contributed by atoms with Crippen molar-refractivity contribution >= 4 is 32.7 Å². The van der Waals surface area contributed by atoms with Crippen molar-refractivity contribution in [3.63, 3.8) is 0 Å². The van der Waals surface area contributed by atoms with Gasteiger partial charge in [0.25, 0.3) is 0 Å². The van der Waals surface area contributed by atoms with Gasteiger partial charge in [-0.15, -0.1) is 0 Å². The molecule has 1 aliphatic rings. The van der Waals surface area contributed by atoms with Crippen molar-refractivity contribution in [3.05, 3.63) is 58.8 Å². The van der Waals surface area contributed by atoms with E-state index in [0.29, 0.717) is 19.1 Å². The molecule has 0 saturated heterocycles. The highest BCUT2D eigenvalue weighted by Crippen LogP contribution is 2.39. The number of ether oxygens (including phenoxy) is 1. The maximum atomic E-state index is 5.74. The molecule has 0 unspecified atom stereocenters. The van der Waals surface area contributed by atoms with Crippen molar-refractivity contribution in [2.24, 2.45) is 0 Å². The van der Waals surface area contributed by atoms with Crippen molar-refractivity contribution in [1.29, 1.82) is 0 Å². The van der Waals surface area contributed by atoms with Crippen LogP contribution in [0.4, 0.5) is 5.82 Å². The highest BCUT2D eigenvalue weighted by Gasteiger charge is 2.27. The first-order chi connectivity index (χ1) is 11.8. The van der Waals surface area contributed by atoms with Crippen molar-refractivity contribution < 1.29 is 4.74 Å². The van der Waals surface area contributed by atoms with Gasteiger partial charge in [0.1, 0.15) is 24.0 Å². The van der Waals surface area contributed by atoms with E-state index >= 15 is 0 Å². The van der Waals surface area contributed by atoms with Gasteiger partial charge < -0.3 is 10.1 Å². The summed E-state index contributed by atoms with van der Waals surface area (Å²) >= 11 is 3.53. The SMILES string of the molecule is Brc1ccc2nc(C3CC3)nc(NCCOc3ccccc3)c2c1. The van der Waals surface area contributed by atoms with Crippen LogP contribution in [0.1, 0.15) is 24.6 Å². The number of hydrogen-bond donors (Lipinski definition) is 1. The number of nitrogens with zero attached hydrogens (tertiary/aromatic N) is 2. The van der Waals surface area contributed by atoms with Gasteiger partial charge in [-0.2, -0.15) is 0 Å². The van der Waals surface area contributed by atoms with Crippen LogP contribution in [-0.4, -0.2) is 23.1 Å². The van der Waals surface area contributed by atoms with Crippen LogP contribution in [0, 0.1) is 0 Å². The maximum Gasteiger partial charge on any atom is 0.137 e. The summed E-state index contributed by atoms with van der Waals surface area (Å²) in [5.41, 5.74) is 0.988. The molecule has 0 atom stereocenters. The minimum absolute atomic E-state index is 0.527. The summed E-state index contributed by atoms with van der Waals surface area (Å²) in [6.45, 7) is 1.28. The fourth-order valence-electron chi connectivity index (χ4n) is 2.63. The van der Waals surface area contributed by atoms with Crippen LogP contribution in [0.5, 0.6) is 5.75 Å². The second-order valence-corrected chi connectivity index (χ2v) is 6.87. The van der Waals surface area contributed by atoms with Gasteiger partial charge in [0.15, 0.2) is 0 Å². The smallest absolute Gasteiger partial charge is 0.137 e. The number of aromatic nitrogens is 2. The van der Waals surface area contributed by atoms with Gasteiger partial charge in [0.05, 0.1) is 12.1 Å². The van der Waals surface area contributed by atoms with Crippen LogP contribution in [0.15, 0.2) is 53.0 Å². The van der Waals surface area contributed by atoms with E-state index in [0.717, 1.165) is 32.8 Å². The predicted octanol–water partition coefficient (Wildman–Crippen LogP) is 4.76. The van der Waals surface area contributed by atoms with Gasteiger partial charge in [-0.1, -0.05) is 34.1 Å². The third-order valence-electron chi connectivity index (χ3n) is 4.02. The number of benzene rings is 2. The highest BCUT2D eigenvalue weighted by molar-refractivity contribution is 9.10. The molecule has 1 saturated carbocycles. The molecule has 1 fully saturated rings. The zero-order valence-electron chi connectivity index (χ0n) is 13.2. The van der Waals surface area contributed by atoms with Gasteiger partial charge in [-0.3, -0.25) is 0 Å². The van der Waals surface area contributed by atoms with Crippen LogP contribution in [0.3, 0.4) is 0 Å². The van der Waals surface area contributed by atoms with Crippen molar-refractivity contribution in [3.8, 4) is 5.75 Å². The normalized spacial score (nSPS) is 13.9. The molecule has 0 bridgehead atoms. The molecule has 2 aromatic carbocycles. The Kier molecular flexibility index (Phi) is 4.34. The first-order valence-corrected chi connectivity index (χ1v) is 8.98. The summed E-state index contributed by atoms with van der Waals surface area (Å²) in [4.78, 5) is 9.46. The van der Waals surface area contributed by atoms with E-state index in [9.17, 15) is 0 Å². The highest BCUT2D eigenvalue weighted by atomic mass is 79.9. The molecular formula is C19H18BrN3O.